The number of hydrogen-bond donors (Lipinski definition) is 2. The molecule has 0 unspecified atom stereocenters. The fraction of sp³-hybridized carbons (Fsp3) is 0.167. The first kappa shape index (κ1) is 16.5. The number of ether oxygens (including phenoxy) is 1. The van der Waals surface area contributed by atoms with Crippen LogP contribution in [0.1, 0.15) is 28.4 Å². The van der Waals surface area contributed by atoms with Gasteiger partial charge in [0.1, 0.15) is 6.10 Å². The van der Waals surface area contributed by atoms with Gasteiger partial charge in [-0.05, 0) is 17.7 Å². The molecule has 3 rings (SSSR count). The van der Waals surface area contributed by atoms with Crippen LogP contribution in [0.3, 0.4) is 0 Å². The smallest absolute Gasteiger partial charge is 0.335 e. The predicted molar refractivity (Wildman–Crippen MR) is 84.9 cm³/mol. The zero-order chi connectivity index (χ0) is 18.0. The molecule has 128 valence electrons. The van der Waals surface area contributed by atoms with Crippen LogP contribution in [-0.2, 0) is 14.3 Å². The molecule has 0 saturated carbocycles. The third-order valence-corrected chi connectivity index (χ3v) is 3.95. The van der Waals surface area contributed by atoms with E-state index < -0.39 is 41.2 Å². The van der Waals surface area contributed by atoms with Gasteiger partial charge in [-0.15, -0.1) is 0 Å². The Morgan fingerprint density at radius 3 is 2.56 bits per heavy atom. The average Bonchev–Trinajstić information content (AvgIpc) is 2.99. The normalized spacial score (nSPS) is 19.3. The van der Waals surface area contributed by atoms with Crippen LogP contribution < -0.4 is 10.4 Å². The number of aromatic carboxylic acids is 1. The lowest BCUT2D eigenvalue weighted by Gasteiger charge is -2.18. The number of benzene rings is 2. The lowest BCUT2D eigenvalue weighted by Crippen LogP contribution is -2.25. The largest absolute Gasteiger partial charge is 0.872 e. The van der Waals surface area contributed by atoms with E-state index in [0.717, 1.165) is 12.1 Å². The van der Waals surface area contributed by atoms with Gasteiger partial charge < -0.3 is 20.3 Å². The maximum absolute atomic E-state index is 12.5. The molecule has 2 aromatic rings. The summed E-state index contributed by atoms with van der Waals surface area (Å²) in [7, 11) is 0. The van der Waals surface area contributed by atoms with Gasteiger partial charge in [-0.25, -0.2) is 4.79 Å². The van der Waals surface area contributed by atoms with Gasteiger partial charge in [-0.3, -0.25) is 9.59 Å². The van der Waals surface area contributed by atoms with Crippen molar-refractivity contribution in [1.29, 1.82) is 0 Å². The molecule has 7 nitrogen and oxygen atoms in total. The van der Waals surface area contributed by atoms with Crippen molar-refractivity contribution in [2.75, 3.05) is 5.32 Å². The van der Waals surface area contributed by atoms with Gasteiger partial charge in [0.15, 0.2) is 0 Å². The highest BCUT2D eigenvalue weighted by Crippen LogP contribution is 2.36. The Labute approximate surface area is 142 Å². The summed E-state index contributed by atoms with van der Waals surface area (Å²) < 4.78 is 5.26. The van der Waals surface area contributed by atoms with Gasteiger partial charge in [0.25, 0.3) is 0 Å². The number of anilines is 1. The minimum Gasteiger partial charge on any atom is -0.872 e. The van der Waals surface area contributed by atoms with Crippen LogP contribution in [0.15, 0.2) is 48.5 Å². The van der Waals surface area contributed by atoms with Crippen molar-refractivity contribution in [1.82, 2.24) is 0 Å². The standard InChI is InChI=1S/C18H15NO6/c20-14-7-6-11(8-12(14)18(23)24)19-17(22)13-9-15(21)25-16(13)10-4-2-1-3-5-10/h1-8,13,16,20H,9H2,(H,19,22)(H,23,24)/p-1/t13-,16-/m1/s1. The quantitative estimate of drug-likeness (QED) is 0.819. The van der Waals surface area contributed by atoms with Crippen LogP contribution in [0.2, 0.25) is 0 Å². The van der Waals surface area contributed by atoms with Crippen molar-refractivity contribution in [3.63, 3.8) is 0 Å². The second-order valence-corrected chi connectivity index (χ2v) is 5.64. The van der Waals surface area contributed by atoms with Crippen LogP contribution in [-0.4, -0.2) is 23.0 Å². The zero-order valence-corrected chi connectivity index (χ0v) is 13.0. The fourth-order valence-corrected chi connectivity index (χ4v) is 2.74. The second kappa shape index (κ2) is 6.64. The molecular formula is C18H14NO6-. The van der Waals surface area contributed by atoms with E-state index in [9.17, 15) is 19.5 Å². The van der Waals surface area contributed by atoms with Crippen molar-refractivity contribution in [2.24, 2.45) is 5.92 Å². The molecule has 1 amide bonds. The molecule has 2 N–H and O–H groups in total. The molecule has 7 heteroatoms. The monoisotopic (exact) mass is 340 g/mol. The molecule has 1 saturated heterocycles. The number of carbonyl (C=O) groups is 3. The number of carbonyl (C=O) groups excluding carboxylic acids is 2. The molecule has 2 atom stereocenters. The first-order chi connectivity index (χ1) is 12.0. The Balaban J connectivity index is 1.81. The van der Waals surface area contributed by atoms with Crippen LogP contribution >= 0.6 is 0 Å². The topological polar surface area (TPSA) is 116 Å². The third kappa shape index (κ3) is 3.45. The number of rotatable bonds is 4. The molecule has 25 heavy (non-hydrogen) atoms. The Morgan fingerprint density at radius 1 is 1.16 bits per heavy atom. The Kier molecular flexibility index (Phi) is 4.38. The highest BCUT2D eigenvalue weighted by Gasteiger charge is 2.40. The summed E-state index contributed by atoms with van der Waals surface area (Å²) in [6.45, 7) is 0. The predicted octanol–water partition coefficient (Wildman–Crippen LogP) is 1.70. The van der Waals surface area contributed by atoms with Gasteiger partial charge in [-0.1, -0.05) is 42.1 Å². The van der Waals surface area contributed by atoms with Crippen molar-refractivity contribution >= 4 is 23.5 Å². The second-order valence-electron chi connectivity index (χ2n) is 5.64. The van der Waals surface area contributed by atoms with Crippen LogP contribution in [0.5, 0.6) is 5.75 Å². The van der Waals surface area contributed by atoms with E-state index in [0.29, 0.717) is 5.56 Å². The van der Waals surface area contributed by atoms with Crippen LogP contribution in [0, 0.1) is 5.92 Å². The summed E-state index contributed by atoms with van der Waals surface area (Å²) in [5.74, 6) is -3.71. The van der Waals surface area contributed by atoms with Gasteiger partial charge in [-0.2, -0.15) is 0 Å². The van der Waals surface area contributed by atoms with Gasteiger partial charge in [0.2, 0.25) is 5.91 Å². The fourth-order valence-electron chi connectivity index (χ4n) is 2.74. The molecule has 0 aromatic heterocycles. The van der Waals surface area contributed by atoms with E-state index in [2.05, 4.69) is 5.32 Å². The Bertz CT molecular complexity index is 833. The molecule has 1 aliphatic heterocycles. The highest BCUT2D eigenvalue weighted by molar-refractivity contribution is 5.98. The van der Waals surface area contributed by atoms with Crippen LogP contribution in [0.4, 0.5) is 5.69 Å². The van der Waals surface area contributed by atoms with Gasteiger partial charge >= 0.3 is 11.9 Å². The number of esters is 1. The third-order valence-electron chi connectivity index (χ3n) is 3.95. The summed E-state index contributed by atoms with van der Waals surface area (Å²) in [4.78, 5) is 35.2. The number of cyclic esters (lactones) is 1. The first-order valence-corrected chi connectivity index (χ1v) is 7.55. The molecule has 2 aromatic carbocycles. The molecular weight excluding hydrogens is 326 g/mol. The summed E-state index contributed by atoms with van der Waals surface area (Å²) in [5.41, 5.74) is 0.443. The number of nitrogens with one attached hydrogen (secondary N) is 1. The van der Waals surface area contributed by atoms with E-state index in [1.165, 1.54) is 6.07 Å². The van der Waals surface area contributed by atoms with E-state index in [1.54, 1.807) is 24.3 Å². The first-order valence-electron chi connectivity index (χ1n) is 7.55. The van der Waals surface area contributed by atoms with Gasteiger partial charge in [0.05, 0.1) is 17.9 Å². The molecule has 0 spiro atoms. The van der Waals surface area contributed by atoms with E-state index in [-0.39, 0.29) is 12.1 Å². The minimum atomic E-state index is -1.37. The lowest BCUT2D eigenvalue weighted by molar-refractivity contribution is -0.268. The molecule has 1 heterocycles. The lowest BCUT2D eigenvalue weighted by atomic mass is 9.94. The van der Waals surface area contributed by atoms with E-state index in [4.69, 9.17) is 9.84 Å². The van der Waals surface area contributed by atoms with Crippen LogP contribution in [0.25, 0.3) is 0 Å². The SMILES string of the molecule is O=C1C[C@@H](C(=O)Nc2ccc([O-])c(C(=O)O)c2)[C@@H](c2ccccc2)O1. The Hall–Kier alpha value is -3.35. The number of carboxylic acid groups (broad SMARTS) is 1. The molecule has 0 radical (unpaired) electrons. The average molecular weight is 340 g/mol. The molecule has 1 fully saturated rings. The minimum absolute atomic E-state index is 0.0726. The van der Waals surface area contributed by atoms with E-state index >= 15 is 0 Å². The zero-order valence-electron chi connectivity index (χ0n) is 13.0. The maximum Gasteiger partial charge on any atom is 0.335 e. The number of amides is 1. The number of carboxylic acids is 1. The molecule has 1 aliphatic rings. The molecule has 0 aliphatic carbocycles. The van der Waals surface area contributed by atoms with E-state index in [1.807, 2.05) is 6.07 Å². The number of hydrogen-bond acceptors (Lipinski definition) is 5. The van der Waals surface area contributed by atoms with Crippen molar-refractivity contribution < 1.29 is 29.3 Å². The summed E-state index contributed by atoms with van der Waals surface area (Å²) >= 11 is 0. The maximum atomic E-state index is 12.5. The van der Waals surface area contributed by atoms with Gasteiger partial charge in [0, 0.05) is 5.69 Å². The summed E-state index contributed by atoms with van der Waals surface area (Å²) in [5, 5.41) is 23.0. The van der Waals surface area contributed by atoms with Crippen molar-refractivity contribution in [3.05, 3.63) is 59.7 Å². The summed E-state index contributed by atoms with van der Waals surface area (Å²) in [6, 6.07) is 12.4. The highest BCUT2D eigenvalue weighted by atomic mass is 16.6. The molecule has 0 bridgehead atoms. The Morgan fingerprint density at radius 2 is 1.88 bits per heavy atom. The van der Waals surface area contributed by atoms with Crippen molar-refractivity contribution in [3.8, 4) is 5.75 Å². The summed E-state index contributed by atoms with van der Waals surface area (Å²) in [6.07, 6.45) is -0.775. The van der Waals surface area contributed by atoms with Crippen molar-refractivity contribution in [2.45, 2.75) is 12.5 Å².